The third kappa shape index (κ3) is 5.84. The van der Waals surface area contributed by atoms with Gasteiger partial charge in [-0.3, -0.25) is 7.49 Å². The molecule has 0 radical (unpaired) electrons. The summed E-state index contributed by atoms with van der Waals surface area (Å²) in [5, 5.41) is 9.78. The van der Waals surface area contributed by atoms with Crippen LogP contribution in [0.1, 0.15) is 11.1 Å². The molecule has 1 unspecified atom stereocenters. The predicted octanol–water partition coefficient (Wildman–Crippen LogP) is 1.91. The fraction of sp³-hybridized carbons (Fsp3) is 0.500. The van der Waals surface area contributed by atoms with Crippen molar-refractivity contribution in [2.45, 2.75) is 19.3 Å². The van der Waals surface area contributed by atoms with Gasteiger partial charge in [0.2, 0.25) is 28.8 Å². The highest BCUT2D eigenvalue weighted by atomic mass is 127. The zero-order valence-electron chi connectivity index (χ0n) is 14.9. The highest BCUT2D eigenvalue weighted by molar-refractivity contribution is 14.1. The van der Waals surface area contributed by atoms with Gasteiger partial charge in [0.05, 0.1) is 41.3 Å². The topological polar surface area (TPSA) is 40.5 Å². The van der Waals surface area contributed by atoms with E-state index in [9.17, 15) is 9.90 Å². The molecule has 24 heavy (non-hydrogen) atoms. The highest BCUT2D eigenvalue weighted by Gasteiger charge is 2.26. The van der Waals surface area contributed by atoms with E-state index in [-0.39, 0.29) is 5.91 Å². The molecule has 0 fully saturated rings. The number of amides is 1. The number of likely N-dealkylation sites (N-methyl/N-ethyl adjacent to an activating group) is 1. The van der Waals surface area contributed by atoms with E-state index in [0.29, 0.717) is 6.54 Å². The van der Waals surface area contributed by atoms with E-state index in [2.05, 4.69) is 75.3 Å². The number of hydrogen-bond acceptors (Lipinski definition) is 2. The molecule has 0 saturated heterocycles. The van der Waals surface area contributed by atoms with Gasteiger partial charge >= 0.3 is 0 Å². The number of quaternary nitrogens is 2. The monoisotopic (exact) mass is 445 g/mol. The average molecular weight is 445 g/mol. The Bertz CT molecular complexity index is 606. The summed E-state index contributed by atoms with van der Waals surface area (Å²) < 4.78 is 1.66. The van der Waals surface area contributed by atoms with Crippen LogP contribution in [0.3, 0.4) is 0 Å². The van der Waals surface area contributed by atoms with Gasteiger partial charge in [-0.05, 0) is 6.08 Å². The lowest BCUT2D eigenvalue weighted by molar-refractivity contribution is -0.903. The maximum atomic E-state index is 11.7. The van der Waals surface area contributed by atoms with E-state index in [1.54, 1.807) is 0 Å². The molecule has 2 rings (SSSR count). The SMILES string of the molecule is C[N+](C)(I)Cc1ccc(C[N+](C)(C)CCN2C(=O)C=CC2O)cc1. The van der Waals surface area contributed by atoms with Gasteiger partial charge in [-0.25, -0.2) is 0 Å². The third-order valence-electron chi connectivity index (χ3n) is 4.15. The Morgan fingerprint density at radius 3 is 2.08 bits per heavy atom. The van der Waals surface area contributed by atoms with E-state index < -0.39 is 6.23 Å². The largest absolute Gasteiger partial charge is 0.370 e. The molecule has 1 amide bonds. The summed E-state index contributed by atoms with van der Waals surface area (Å²) >= 11 is 2.42. The maximum Gasteiger partial charge on any atom is 0.248 e. The molecular weight excluding hydrogens is 417 g/mol. The molecule has 0 spiro atoms. The Kier molecular flexibility index (Phi) is 6.06. The quantitative estimate of drug-likeness (QED) is 0.396. The zero-order valence-corrected chi connectivity index (χ0v) is 17.1. The number of rotatable bonds is 7. The molecule has 0 saturated carbocycles. The molecular formula is C18H28IN3O2+2. The highest BCUT2D eigenvalue weighted by Crippen LogP contribution is 2.17. The van der Waals surface area contributed by atoms with E-state index in [1.165, 1.54) is 28.2 Å². The van der Waals surface area contributed by atoms with Crippen LogP contribution in [0.25, 0.3) is 0 Å². The number of carbonyl (C=O) groups is 1. The van der Waals surface area contributed by atoms with Crippen molar-refractivity contribution in [3.8, 4) is 0 Å². The Morgan fingerprint density at radius 2 is 1.62 bits per heavy atom. The van der Waals surface area contributed by atoms with E-state index in [0.717, 1.165) is 26.8 Å². The van der Waals surface area contributed by atoms with Crippen LogP contribution in [0, 0.1) is 0 Å². The fourth-order valence-corrected chi connectivity index (χ4v) is 3.27. The van der Waals surface area contributed by atoms with E-state index >= 15 is 0 Å². The first-order chi connectivity index (χ1) is 11.1. The number of carbonyl (C=O) groups excluding carboxylic acids is 1. The average Bonchev–Trinajstić information content (AvgIpc) is 2.76. The second kappa shape index (κ2) is 7.51. The molecule has 1 aliphatic heterocycles. The van der Waals surface area contributed by atoms with Crippen LogP contribution in [0.5, 0.6) is 0 Å². The van der Waals surface area contributed by atoms with Crippen molar-refractivity contribution in [2.75, 3.05) is 41.3 Å². The van der Waals surface area contributed by atoms with Crippen LogP contribution in [-0.4, -0.2) is 70.6 Å². The Morgan fingerprint density at radius 1 is 1.08 bits per heavy atom. The summed E-state index contributed by atoms with van der Waals surface area (Å²) in [4.78, 5) is 13.2. The second-order valence-electron chi connectivity index (χ2n) is 7.63. The molecule has 1 aromatic carbocycles. The Balaban J connectivity index is 1.90. The van der Waals surface area contributed by atoms with Gasteiger partial charge in [0, 0.05) is 17.2 Å². The molecule has 0 aromatic heterocycles. The van der Waals surface area contributed by atoms with Crippen LogP contribution in [0.4, 0.5) is 0 Å². The molecule has 0 bridgehead atoms. The summed E-state index contributed by atoms with van der Waals surface area (Å²) in [6.45, 7) is 3.25. The number of benzene rings is 1. The molecule has 5 nitrogen and oxygen atoms in total. The predicted molar refractivity (Wildman–Crippen MR) is 104 cm³/mol. The molecule has 132 valence electrons. The molecule has 1 aliphatic rings. The summed E-state index contributed by atoms with van der Waals surface area (Å²) in [5.41, 5.74) is 2.62. The van der Waals surface area contributed by atoms with Crippen LogP contribution in [-0.2, 0) is 17.9 Å². The minimum Gasteiger partial charge on any atom is -0.370 e. The number of hydrogen-bond donors (Lipinski definition) is 1. The normalized spacial score (nSPS) is 18.5. The first kappa shape index (κ1) is 19.4. The van der Waals surface area contributed by atoms with Crippen molar-refractivity contribution in [1.29, 1.82) is 0 Å². The van der Waals surface area contributed by atoms with E-state index in [4.69, 9.17) is 0 Å². The molecule has 1 heterocycles. The Labute approximate surface area is 158 Å². The third-order valence-corrected chi connectivity index (χ3v) is 4.49. The van der Waals surface area contributed by atoms with E-state index in [1.807, 2.05) is 0 Å². The van der Waals surface area contributed by atoms with Gasteiger partial charge < -0.3 is 14.5 Å². The van der Waals surface area contributed by atoms with Crippen LogP contribution >= 0.6 is 22.9 Å². The van der Waals surface area contributed by atoms with Crippen LogP contribution in [0.15, 0.2) is 36.4 Å². The van der Waals surface area contributed by atoms with Crippen molar-refractivity contribution in [2.24, 2.45) is 0 Å². The van der Waals surface area contributed by atoms with Crippen LogP contribution < -0.4 is 0 Å². The number of nitrogens with zero attached hydrogens (tertiary/aromatic N) is 3. The second-order valence-corrected chi connectivity index (χ2v) is 10.2. The first-order valence-corrected chi connectivity index (χ1v) is 9.12. The lowest BCUT2D eigenvalue weighted by Crippen LogP contribution is -2.47. The number of aliphatic hydroxyl groups is 1. The van der Waals surface area contributed by atoms with Crippen molar-refractivity contribution in [1.82, 2.24) is 4.90 Å². The molecule has 1 aromatic rings. The molecule has 6 heteroatoms. The maximum absolute atomic E-state index is 11.7. The van der Waals surface area contributed by atoms with Crippen molar-refractivity contribution < 1.29 is 17.1 Å². The number of aliphatic hydroxyl groups excluding tert-OH is 1. The van der Waals surface area contributed by atoms with Gasteiger partial charge in [0.15, 0.2) is 0 Å². The minimum atomic E-state index is -0.772. The van der Waals surface area contributed by atoms with Gasteiger partial charge in [-0.1, -0.05) is 24.3 Å². The Hall–Kier alpha value is -0.960. The fourth-order valence-electron chi connectivity index (χ4n) is 2.88. The standard InChI is InChI=1S/C18H28IN3O2/c1-21(2,12-11-20-17(23)9-10-18(20)24)13-15-5-7-16(8-6-15)14-22(3,4)19/h5-10,17,23H,11-14H2,1-4H3/q+2. The van der Waals surface area contributed by atoms with Crippen LogP contribution in [0.2, 0.25) is 0 Å². The molecule has 1 N–H and O–H groups in total. The minimum absolute atomic E-state index is 0.105. The van der Waals surface area contributed by atoms with Gasteiger partial charge in [0.1, 0.15) is 19.3 Å². The lowest BCUT2D eigenvalue weighted by Gasteiger charge is -2.32. The summed E-state index contributed by atoms with van der Waals surface area (Å²) in [5.74, 6) is -0.105. The van der Waals surface area contributed by atoms with Gasteiger partial charge in [-0.2, -0.15) is 0 Å². The van der Waals surface area contributed by atoms with Crippen molar-refractivity contribution in [3.05, 3.63) is 47.5 Å². The zero-order chi connectivity index (χ0) is 18.0. The van der Waals surface area contributed by atoms with Crippen molar-refractivity contribution in [3.63, 3.8) is 0 Å². The first-order valence-electron chi connectivity index (χ1n) is 8.15. The van der Waals surface area contributed by atoms with Gasteiger partial charge in [-0.15, -0.1) is 0 Å². The van der Waals surface area contributed by atoms with Crippen molar-refractivity contribution >= 4 is 28.8 Å². The van der Waals surface area contributed by atoms with Gasteiger partial charge in [0.25, 0.3) is 0 Å². The lowest BCUT2D eigenvalue weighted by atomic mass is 10.1. The number of halogens is 1. The molecule has 1 atom stereocenters. The summed E-state index contributed by atoms with van der Waals surface area (Å²) in [7, 11) is 8.66. The summed E-state index contributed by atoms with van der Waals surface area (Å²) in [6, 6.07) is 8.79. The smallest absolute Gasteiger partial charge is 0.248 e. The summed E-state index contributed by atoms with van der Waals surface area (Å²) in [6.07, 6.45) is 2.21. The molecule has 0 aliphatic carbocycles.